The van der Waals surface area contributed by atoms with Gasteiger partial charge in [0.1, 0.15) is 22.9 Å². The number of fused-ring (bicyclic) bond motifs is 1. The van der Waals surface area contributed by atoms with Crippen molar-refractivity contribution >= 4 is 21.6 Å². The molecule has 0 saturated carbocycles. The Balaban J connectivity index is 1.47. The smallest absolute Gasteiger partial charge is 0.262 e. The maximum atomic E-state index is 12.8. The van der Waals surface area contributed by atoms with Crippen LogP contribution in [0.1, 0.15) is 6.92 Å². The monoisotopic (exact) mass is 392 g/mol. The lowest BCUT2D eigenvalue weighted by atomic mass is 10.2. The summed E-state index contributed by atoms with van der Waals surface area (Å²) in [6, 6.07) is 19.4. The van der Waals surface area contributed by atoms with Gasteiger partial charge in [0.2, 0.25) is 0 Å². The fraction of sp³-hybridized carbons (Fsp3) is 0.182. The Bertz CT molecular complexity index is 1120. The van der Waals surface area contributed by atoms with E-state index in [9.17, 15) is 4.79 Å². The molecule has 0 N–H and O–H groups in total. The number of thiophene rings is 1. The summed E-state index contributed by atoms with van der Waals surface area (Å²) in [4.78, 5) is 19.0. The molecule has 6 heteroatoms. The molecule has 0 aliphatic rings. The standard InChI is InChI=1S/C22H20N2O3S/c1-2-26-17-8-10-18(11-9-17)27-13-12-24-15-23-21-19(22(24)25)14-20(28-21)16-6-4-3-5-7-16/h3-11,14-15H,2,12-13H2,1H3. The van der Waals surface area contributed by atoms with Crippen molar-refractivity contribution in [2.45, 2.75) is 13.5 Å². The van der Waals surface area contributed by atoms with Gasteiger partial charge in [0, 0.05) is 4.88 Å². The molecule has 2 heterocycles. The highest BCUT2D eigenvalue weighted by atomic mass is 32.1. The average Bonchev–Trinajstić information content (AvgIpc) is 3.17. The van der Waals surface area contributed by atoms with E-state index in [2.05, 4.69) is 4.98 Å². The third-order valence-electron chi connectivity index (χ3n) is 4.31. The van der Waals surface area contributed by atoms with Gasteiger partial charge < -0.3 is 9.47 Å². The third-order valence-corrected chi connectivity index (χ3v) is 5.40. The van der Waals surface area contributed by atoms with Crippen LogP contribution >= 0.6 is 11.3 Å². The summed E-state index contributed by atoms with van der Waals surface area (Å²) < 4.78 is 12.8. The predicted molar refractivity (Wildman–Crippen MR) is 112 cm³/mol. The Morgan fingerprint density at radius 3 is 2.43 bits per heavy atom. The van der Waals surface area contributed by atoms with Gasteiger partial charge >= 0.3 is 0 Å². The zero-order valence-electron chi connectivity index (χ0n) is 15.5. The number of ether oxygens (including phenoxy) is 2. The molecule has 5 nitrogen and oxygen atoms in total. The first-order valence-corrected chi connectivity index (χ1v) is 9.96. The van der Waals surface area contributed by atoms with Crippen molar-refractivity contribution in [3.8, 4) is 21.9 Å². The molecule has 0 fully saturated rings. The number of rotatable bonds is 7. The van der Waals surface area contributed by atoms with Gasteiger partial charge in [-0.2, -0.15) is 0 Å². The summed E-state index contributed by atoms with van der Waals surface area (Å²) in [5.41, 5.74) is 1.05. The molecule has 0 amide bonds. The van der Waals surface area contributed by atoms with Gasteiger partial charge in [-0.25, -0.2) is 4.98 Å². The molecule has 0 atom stereocenters. The van der Waals surface area contributed by atoms with Gasteiger partial charge in [-0.1, -0.05) is 30.3 Å². The Morgan fingerprint density at radius 2 is 1.71 bits per heavy atom. The van der Waals surface area contributed by atoms with Crippen LogP contribution in [0.25, 0.3) is 20.7 Å². The van der Waals surface area contributed by atoms with Gasteiger partial charge in [-0.15, -0.1) is 11.3 Å². The van der Waals surface area contributed by atoms with E-state index in [1.807, 2.05) is 67.6 Å². The minimum atomic E-state index is -0.0428. The molecule has 0 radical (unpaired) electrons. The molecular weight excluding hydrogens is 372 g/mol. The van der Waals surface area contributed by atoms with Crippen molar-refractivity contribution < 1.29 is 9.47 Å². The van der Waals surface area contributed by atoms with Crippen molar-refractivity contribution in [3.05, 3.63) is 77.3 Å². The van der Waals surface area contributed by atoms with Gasteiger partial charge in [-0.3, -0.25) is 9.36 Å². The van der Waals surface area contributed by atoms with Crippen LogP contribution in [0.4, 0.5) is 0 Å². The fourth-order valence-corrected chi connectivity index (χ4v) is 3.92. The van der Waals surface area contributed by atoms with Crippen LogP contribution in [0, 0.1) is 0 Å². The minimum Gasteiger partial charge on any atom is -0.494 e. The summed E-state index contributed by atoms with van der Waals surface area (Å²) in [6.07, 6.45) is 1.59. The summed E-state index contributed by atoms with van der Waals surface area (Å²) in [5.74, 6) is 1.56. The van der Waals surface area contributed by atoms with Crippen LogP contribution in [-0.2, 0) is 6.54 Å². The molecule has 0 aliphatic carbocycles. The van der Waals surface area contributed by atoms with Crippen molar-refractivity contribution in [1.29, 1.82) is 0 Å². The van der Waals surface area contributed by atoms with E-state index in [1.165, 1.54) is 11.3 Å². The van der Waals surface area contributed by atoms with Crippen LogP contribution in [0.3, 0.4) is 0 Å². The largest absolute Gasteiger partial charge is 0.494 e. The average molecular weight is 392 g/mol. The normalized spacial score (nSPS) is 10.9. The Labute approximate surface area is 166 Å². The first-order chi connectivity index (χ1) is 13.7. The first-order valence-electron chi connectivity index (χ1n) is 9.14. The summed E-state index contributed by atoms with van der Waals surface area (Å²) >= 11 is 1.53. The zero-order valence-corrected chi connectivity index (χ0v) is 16.3. The van der Waals surface area contributed by atoms with E-state index in [4.69, 9.17) is 9.47 Å². The third kappa shape index (κ3) is 3.92. The summed E-state index contributed by atoms with van der Waals surface area (Å²) in [5, 5.41) is 0.646. The van der Waals surface area contributed by atoms with E-state index in [0.717, 1.165) is 26.8 Å². The molecule has 2 aromatic carbocycles. The predicted octanol–water partition coefficient (Wildman–Crippen LogP) is 4.60. The SMILES string of the molecule is CCOc1ccc(OCCn2cnc3sc(-c4ccccc4)cc3c2=O)cc1. The topological polar surface area (TPSA) is 53.4 Å². The van der Waals surface area contributed by atoms with Crippen molar-refractivity contribution in [1.82, 2.24) is 9.55 Å². The molecule has 0 aliphatic heterocycles. The second kappa shape index (κ2) is 8.27. The van der Waals surface area contributed by atoms with Crippen molar-refractivity contribution in [2.24, 2.45) is 0 Å². The second-order valence-corrected chi connectivity index (χ2v) is 7.22. The molecule has 0 unspecified atom stereocenters. The van der Waals surface area contributed by atoms with E-state index in [-0.39, 0.29) is 5.56 Å². The Morgan fingerprint density at radius 1 is 1.00 bits per heavy atom. The van der Waals surface area contributed by atoms with Gasteiger partial charge in [0.15, 0.2) is 0 Å². The number of hydrogen-bond donors (Lipinski definition) is 0. The van der Waals surface area contributed by atoms with E-state index in [0.29, 0.717) is 25.1 Å². The molecular formula is C22H20N2O3S. The number of nitrogens with zero attached hydrogens (tertiary/aromatic N) is 2. The molecule has 4 rings (SSSR count). The van der Waals surface area contributed by atoms with Gasteiger partial charge in [0.25, 0.3) is 5.56 Å². The van der Waals surface area contributed by atoms with E-state index in [1.54, 1.807) is 10.9 Å². The van der Waals surface area contributed by atoms with E-state index >= 15 is 0 Å². The van der Waals surface area contributed by atoms with Crippen molar-refractivity contribution in [3.63, 3.8) is 0 Å². The Hall–Kier alpha value is -3.12. The highest BCUT2D eigenvalue weighted by Gasteiger charge is 2.10. The van der Waals surface area contributed by atoms with Gasteiger partial charge in [-0.05, 0) is 42.8 Å². The number of aromatic nitrogens is 2. The molecule has 4 aromatic rings. The molecule has 2 aromatic heterocycles. The van der Waals surface area contributed by atoms with Crippen LogP contribution in [0.2, 0.25) is 0 Å². The molecule has 0 bridgehead atoms. The number of benzene rings is 2. The van der Waals surface area contributed by atoms with Crippen LogP contribution < -0.4 is 15.0 Å². The van der Waals surface area contributed by atoms with Crippen molar-refractivity contribution in [2.75, 3.05) is 13.2 Å². The van der Waals surface area contributed by atoms with Gasteiger partial charge in [0.05, 0.1) is 24.9 Å². The lowest BCUT2D eigenvalue weighted by Crippen LogP contribution is -2.23. The highest BCUT2D eigenvalue weighted by Crippen LogP contribution is 2.30. The molecule has 142 valence electrons. The first kappa shape index (κ1) is 18.3. The fourth-order valence-electron chi connectivity index (χ4n) is 2.92. The maximum Gasteiger partial charge on any atom is 0.262 e. The van der Waals surface area contributed by atoms with Crippen LogP contribution in [-0.4, -0.2) is 22.8 Å². The highest BCUT2D eigenvalue weighted by molar-refractivity contribution is 7.21. The quantitative estimate of drug-likeness (QED) is 0.461. The second-order valence-electron chi connectivity index (χ2n) is 6.19. The minimum absolute atomic E-state index is 0.0428. The summed E-state index contributed by atoms with van der Waals surface area (Å²) in [6.45, 7) is 3.40. The molecule has 0 saturated heterocycles. The lowest BCUT2D eigenvalue weighted by Gasteiger charge is -2.09. The lowest BCUT2D eigenvalue weighted by molar-refractivity contribution is 0.294. The molecule has 0 spiro atoms. The zero-order chi connectivity index (χ0) is 19.3. The Kier molecular flexibility index (Phi) is 5.39. The van der Waals surface area contributed by atoms with E-state index < -0.39 is 0 Å². The molecule has 28 heavy (non-hydrogen) atoms. The van der Waals surface area contributed by atoms with Crippen LogP contribution in [0.15, 0.2) is 71.8 Å². The number of hydrogen-bond acceptors (Lipinski definition) is 5. The summed E-state index contributed by atoms with van der Waals surface area (Å²) in [7, 11) is 0. The van der Waals surface area contributed by atoms with Crippen LogP contribution in [0.5, 0.6) is 11.5 Å². The maximum absolute atomic E-state index is 12.8.